The van der Waals surface area contributed by atoms with Crippen LogP contribution in [-0.4, -0.2) is 31.1 Å². The Bertz CT molecular complexity index is 353. The van der Waals surface area contributed by atoms with Gasteiger partial charge in [-0.3, -0.25) is 0 Å². The number of likely N-dealkylation sites (tertiary alicyclic amines) is 1. The van der Waals surface area contributed by atoms with E-state index >= 15 is 0 Å². The van der Waals surface area contributed by atoms with E-state index in [-0.39, 0.29) is 0 Å². The molecule has 1 aromatic carbocycles. The van der Waals surface area contributed by atoms with Gasteiger partial charge in [-0.15, -0.1) is 0 Å². The van der Waals surface area contributed by atoms with Gasteiger partial charge in [-0.2, -0.15) is 0 Å². The molecule has 19 heavy (non-hydrogen) atoms. The predicted octanol–water partition coefficient (Wildman–Crippen LogP) is 3.32. The summed E-state index contributed by atoms with van der Waals surface area (Å²) in [6, 6.07) is 11.3. The zero-order chi connectivity index (χ0) is 13.7. The molecule has 1 aromatic rings. The van der Waals surface area contributed by atoms with Crippen molar-refractivity contribution in [1.29, 1.82) is 0 Å². The van der Waals surface area contributed by atoms with Crippen molar-refractivity contribution >= 4 is 0 Å². The van der Waals surface area contributed by atoms with Crippen molar-refractivity contribution in [3.63, 3.8) is 0 Å². The van der Waals surface area contributed by atoms with E-state index in [9.17, 15) is 0 Å². The summed E-state index contributed by atoms with van der Waals surface area (Å²) in [6.45, 7) is 11.7. The largest absolute Gasteiger partial charge is 0.310 e. The lowest BCUT2D eigenvalue weighted by molar-refractivity contribution is 0.299. The summed E-state index contributed by atoms with van der Waals surface area (Å²) in [4.78, 5) is 2.63. The van der Waals surface area contributed by atoms with Gasteiger partial charge in [-0.25, -0.2) is 0 Å². The van der Waals surface area contributed by atoms with Crippen molar-refractivity contribution in [3.8, 4) is 0 Å². The highest BCUT2D eigenvalue weighted by Gasteiger charge is 2.26. The van der Waals surface area contributed by atoms with Crippen LogP contribution >= 0.6 is 0 Å². The summed E-state index contributed by atoms with van der Waals surface area (Å²) in [7, 11) is 0. The second-order valence-electron chi connectivity index (χ2n) is 6.02. The van der Waals surface area contributed by atoms with Gasteiger partial charge in [0, 0.05) is 19.1 Å². The molecule has 0 radical (unpaired) electrons. The van der Waals surface area contributed by atoms with Crippen molar-refractivity contribution < 1.29 is 0 Å². The molecular weight excluding hydrogens is 232 g/mol. The van der Waals surface area contributed by atoms with E-state index in [1.807, 2.05) is 0 Å². The van der Waals surface area contributed by atoms with Crippen LogP contribution in [-0.2, 0) is 0 Å². The number of hydrogen-bond acceptors (Lipinski definition) is 2. The van der Waals surface area contributed by atoms with E-state index < -0.39 is 0 Å². The Balaban J connectivity index is 1.88. The van der Waals surface area contributed by atoms with Crippen molar-refractivity contribution in [3.05, 3.63) is 35.9 Å². The molecular formula is C17H28N2. The number of benzene rings is 1. The lowest BCUT2D eigenvalue weighted by Gasteiger charge is -2.22. The summed E-state index contributed by atoms with van der Waals surface area (Å²) in [5.74, 6) is 1.71. The Morgan fingerprint density at radius 2 is 1.79 bits per heavy atom. The highest BCUT2D eigenvalue weighted by atomic mass is 15.2. The minimum absolute atomic E-state index is 0.498. The van der Waals surface area contributed by atoms with E-state index in [0.717, 1.165) is 18.4 Å². The van der Waals surface area contributed by atoms with Crippen LogP contribution in [0.2, 0.25) is 0 Å². The first-order valence-electron chi connectivity index (χ1n) is 7.71. The Kier molecular flexibility index (Phi) is 5.41. The van der Waals surface area contributed by atoms with E-state index in [2.05, 4.69) is 61.3 Å². The lowest BCUT2D eigenvalue weighted by atomic mass is 10.0. The smallest absolute Gasteiger partial charge is 0.0332 e. The highest BCUT2D eigenvalue weighted by molar-refractivity contribution is 5.18. The van der Waals surface area contributed by atoms with Gasteiger partial charge in [0.1, 0.15) is 0 Å². The first kappa shape index (κ1) is 14.5. The van der Waals surface area contributed by atoms with Crippen LogP contribution in [0.3, 0.4) is 0 Å². The molecule has 2 rings (SSSR count). The van der Waals surface area contributed by atoms with Gasteiger partial charge < -0.3 is 10.2 Å². The molecule has 1 heterocycles. The normalized spacial score (nSPS) is 25.6. The van der Waals surface area contributed by atoms with Gasteiger partial charge in [-0.1, -0.05) is 51.1 Å². The van der Waals surface area contributed by atoms with Crippen LogP contribution in [0, 0.1) is 11.8 Å². The molecule has 0 spiro atoms. The molecule has 1 N–H and O–H groups in total. The molecule has 1 aliphatic rings. The molecule has 3 atom stereocenters. The first-order valence-corrected chi connectivity index (χ1v) is 7.71. The van der Waals surface area contributed by atoms with Crippen LogP contribution in [0.5, 0.6) is 0 Å². The van der Waals surface area contributed by atoms with Gasteiger partial charge in [0.25, 0.3) is 0 Å². The molecule has 0 aliphatic carbocycles. The summed E-state index contributed by atoms with van der Waals surface area (Å²) < 4.78 is 0. The van der Waals surface area contributed by atoms with E-state index in [1.54, 1.807) is 0 Å². The molecule has 1 fully saturated rings. The minimum Gasteiger partial charge on any atom is -0.310 e. The second kappa shape index (κ2) is 7.06. The van der Waals surface area contributed by atoms with Crippen LogP contribution in [0.25, 0.3) is 0 Å². The van der Waals surface area contributed by atoms with Crippen LogP contribution in [0.15, 0.2) is 30.3 Å². The van der Waals surface area contributed by atoms with Gasteiger partial charge in [0.15, 0.2) is 0 Å². The quantitative estimate of drug-likeness (QED) is 0.844. The molecule has 0 aromatic heterocycles. The third kappa shape index (κ3) is 4.05. The summed E-state index contributed by atoms with van der Waals surface area (Å²) in [5, 5.41) is 3.62. The maximum absolute atomic E-state index is 3.62. The predicted molar refractivity (Wildman–Crippen MR) is 82.2 cm³/mol. The molecule has 0 saturated carbocycles. The van der Waals surface area contributed by atoms with E-state index in [1.165, 1.54) is 31.6 Å². The van der Waals surface area contributed by atoms with E-state index in [0.29, 0.717) is 6.04 Å². The van der Waals surface area contributed by atoms with Gasteiger partial charge >= 0.3 is 0 Å². The van der Waals surface area contributed by atoms with Gasteiger partial charge in [-0.05, 0) is 36.9 Å². The number of nitrogens with zero attached hydrogens (tertiary/aromatic N) is 1. The Morgan fingerprint density at radius 1 is 1.16 bits per heavy atom. The van der Waals surface area contributed by atoms with Gasteiger partial charge in [0.05, 0.1) is 0 Å². The lowest BCUT2D eigenvalue weighted by Crippen LogP contribution is -2.28. The zero-order valence-electron chi connectivity index (χ0n) is 12.6. The van der Waals surface area contributed by atoms with Crippen molar-refractivity contribution in [2.45, 2.75) is 33.2 Å². The summed E-state index contributed by atoms with van der Waals surface area (Å²) >= 11 is 0. The van der Waals surface area contributed by atoms with Gasteiger partial charge in [0.2, 0.25) is 0 Å². The maximum Gasteiger partial charge on any atom is 0.0332 e. The number of rotatable bonds is 6. The van der Waals surface area contributed by atoms with Crippen molar-refractivity contribution in [1.82, 2.24) is 10.2 Å². The molecule has 2 heteroatoms. The average Bonchev–Trinajstić information content (AvgIpc) is 2.75. The molecule has 1 aliphatic heterocycles. The third-order valence-electron chi connectivity index (χ3n) is 4.45. The fourth-order valence-electron chi connectivity index (χ4n) is 3.06. The molecule has 1 saturated heterocycles. The SMILES string of the molecule is CCNC(CCN1CC(C)C(C)C1)c1ccccc1. The van der Waals surface area contributed by atoms with Crippen molar-refractivity contribution in [2.75, 3.05) is 26.2 Å². The topological polar surface area (TPSA) is 15.3 Å². The second-order valence-corrected chi connectivity index (χ2v) is 6.02. The summed E-state index contributed by atoms with van der Waals surface area (Å²) in [6.07, 6.45) is 1.21. The van der Waals surface area contributed by atoms with Crippen LogP contribution in [0.1, 0.15) is 38.8 Å². The summed E-state index contributed by atoms with van der Waals surface area (Å²) in [5.41, 5.74) is 1.42. The van der Waals surface area contributed by atoms with E-state index in [4.69, 9.17) is 0 Å². The third-order valence-corrected chi connectivity index (χ3v) is 4.45. The Hall–Kier alpha value is -0.860. The average molecular weight is 260 g/mol. The monoisotopic (exact) mass is 260 g/mol. The zero-order valence-corrected chi connectivity index (χ0v) is 12.6. The van der Waals surface area contributed by atoms with Crippen LogP contribution < -0.4 is 5.32 Å². The van der Waals surface area contributed by atoms with Crippen molar-refractivity contribution in [2.24, 2.45) is 11.8 Å². The Labute approximate surface area is 118 Å². The molecule has 2 nitrogen and oxygen atoms in total. The minimum atomic E-state index is 0.498. The Morgan fingerprint density at radius 3 is 2.37 bits per heavy atom. The van der Waals surface area contributed by atoms with Crippen LogP contribution in [0.4, 0.5) is 0 Å². The number of nitrogens with one attached hydrogen (secondary N) is 1. The maximum atomic E-state index is 3.62. The first-order chi connectivity index (χ1) is 9.20. The fraction of sp³-hybridized carbons (Fsp3) is 0.647. The molecule has 0 bridgehead atoms. The molecule has 0 amide bonds. The number of hydrogen-bond donors (Lipinski definition) is 1. The highest BCUT2D eigenvalue weighted by Crippen LogP contribution is 2.24. The molecule has 106 valence electrons. The molecule has 3 unspecified atom stereocenters. The fourth-order valence-corrected chi connectivity index (χ4v) is 3.06. The standard InChI is InChI=1S/C17H28N2/c1-4-18-17(16-8-6-5-7-9-16)10-11-19-12-14(2)15(3)13-19/h5-9,14-15,17-18H,4,10-13H2,1-3H3.